The standard InChI is InChI=1S/C25H24BrClFN5O4/c1-3-21(34)33-8-4-5-19(33)25(35)32-18-11-14-17(12-20(18)37-10-9-36-2)29-13-30-24(14)31-16-7-6-15(26)22(27)23(16)28/h3,6-7,11-13,19H,1,4-5,8-10H2,2H3,(H,32,35)(H,29,30,31). The first-order chi connectivity index (χ1) is 17.8. The summed E-state index contributed by atoms with van der Waals surface area (Å²) in [5.74, 6) is -0.654. The summed E-state index contributed by atoms with van der Waals surface area (Å²) in [6.45, 7) is 4.55. The number of nitrogens with one attached hydrogen (secondary N) is 2. The topological polar surface area (TPSA) is 106 Å². The Hall–Kier alpha value is -3.28. The third-order valence-electron chi connectivity index (χ3n) is 5.84. The zero-order valence-electron chi connectivity index (χ0n) is 19.9. The number of carbonyl (C=O) groups is 2. The van der Waals surface area contributed by atoms with Crippen molar-refractivity contribution in [3.8, 4) is 5.75 Å². The average molecular weight is 593 g/mol. The average Bonchev–Trinajstić information content (AvgIpc) is 3.39. The van der Waals surface area contributed by atoms with E-state index in [0.29, 0.717) is 58.6 Å². The van der Waals surface area contributed by atoms with Gasteiger partial charge in [-0.25, -0.2) is 14.4 Å². The number of fused-ring (bicyclic) bond motifs is 1. The lowest BCUT2D eigenvalue weighted by Gasteiger charge is -2.23. The molecule has 2 N–H and O–H groups in total. The molecule has 2 aromatic carbocycles. The quantitative estimate of drug-likeness (QED) is 0.203. The van der Waals surface area contributed by atoms with Gasteiger partial charge in [0, 0.05) is 29.6 Å². The molecule has 0 spiro atoms. The molecule has 37 heavy (non-hydrogen) atoms. The number of methoxy groups -OCH3 is 1. The molecule has 4 rings (SSSR count). The van der Waals surface area contributed by atoms with E-state index in [4.69, 9.17) is 21.1 Å². The van der Waals surface area contributed by atoms with Crippen LogP contribution in [0.3, 0.4) is 0 Å². The summed E-state index contributed by atoms with van der Waals surface area (Å²) < 4.78 is 26.1. The molecule has 1 atom stereocenters. The van der Waals surface area contributed by atoms with Crippen molar-refractivity contribution in [3.63, 3.8) is 0 Å². The highest BCUT2D eigenvalue weighted by molar-refractivity contribution is 9.10. The Kier molecular flexibility index (Phi) is 8.57. The summed E-state index contributed by atoms with van der Waals surface area (Å²) >= 11 is 9.23. The fraction of sp³-hybridized carbons (Fsp3) is 0.280. The molecule has 1 unspecified atom stereocenters. The molecular formula is C25H24BrClFN5O4. The van der Waals surface area contributed by atoms with Crippen molar-refractivity contribution in [3.05, 3.63) is 58.6 Å². The molecule has 0 radical (unpaired) electrons. The molecule has 1 aliphatic rings. The van der Waals surface area contributed by atoms with Crippen LogP contribution in [0.2, 0.25) is 5.02 Å². The lowest BCUT2D eigenvalue weighted by atomic mass is 10.1. The van der Waals surface area contributed by atoms with E-state index in [1.807, 2.05) is 0 Å². The maximum atomic E-state index is 14.7. The SMILES string of the molecule is C=CC(=O)N1CCCC1C(=O)Nc1cc2c(Nc3ccc(Br)c(Cl)c3F)ncnc2cc1OCCOC. The third kappa shape index (κ3) is 5.84. The number of nitrogens with zero attached hydrogens (tertiary/aromatic N) is 3. The first-order valence-electron chi connectivity index (χ1n) is 11.4. The van der Waals surface area contributed by atoms with E-state index in [-0.39, 0.29) is 29.1 Å². The lowest BCUT2D eigenvalue weighted by molar-refractivity contribution is -0.132. The molecule has 194 valence electrons. The molecule has 1 aromatic heterocycles. The van der Waals surface area contributed by atoms with E-state index in [0.717, 1.165) is 0 Å². The molecule has 2 amide bonds. The first kappa shape index (κ1) is 26.8. The highest BCUT2D eigenvalue weighted by atomic mass is 79.9. The van der Waals surface area contributed by atoms with Crippen LogP contribution in [-0.2, 0) is 14.3 Å². The highest BCUT2D eigenvalue weighted by Gasteiger charge is 2.33. The van der Waals surface area contributed by atoms with Gasteiger partial charge >= 0.3 is 0 Å². The molecule has 1 fully saturated rings. The predicted molar refractivity (Wildman–Crippen MR) is 143 cm³/mol. The Labute approximate surface area is 226 Å². The van der Waals surface area contributed by atoms with Crippen LogP contribution < -0.4 is 15.4 Å². The number of benzene rings is 2. The second-order valence-electron chi connectivity index (χ2n) is 8.16. The maximum absolute atomic E-state index is 14.7. The van der Waals surface area contributed by atoms with Gasteiger partial charge in [-0.3, -0.25) is 9.59 Å². The number of aromatic nitrogens is 2. The second kappa shape index (κ2) is 11.8. The number of rotatable bonds is 9. The number of anilines is 3. The van der Waals surface area contributed by atoms with Crippen LogP contribution >= 0.6 is 27.5 Å². The number of carbonyl (C=O) groups excluding carboxylic acids is 2. The largest absolute Gasteiger partial charge is 0.489 e. The van der Waals surface area contributed by atoms with Crippen LogP contribution in [0.25, 0.3) is 10.9 Å². The fourth-order valence-corrected chi connectivity index (χ4v) is 4.49. The molecule has 2 heterocycles. The molecule has 1 saturated heterocycles. The van der Waals surface area contributed by atoms with Crippen molar-refractivity contribution in [1.29, 1.82) is 0 Å². The van der Waals surface area contributed by atoms with Gasteiger partial charge in [0.15, 0.2) is 5.82 Å². The van der Waals surface area contributed by atoms with E-state index in [9.17, 15) is 14.0 Å². The number of hydrogen-bond acceptors (Lipinski definition) is 7. The van der Waals surface area contributed by atoms with E-state index < -0.39 is 11.9 Å². The minimum atomic E-state index is -0.649. The van der Waals surface area contributed by atoms with Crippen molar-refractivity contribution < 1.29 is 23.5 Å². The van der Waals surface area contributed by atoms with Gasteiger partial charge in [0.2, 0.25) is 11.8 Å². The number of amides is 2. The number of halogens is 3. The monoisotopic (exact) mass is 591 g/mol. The zero-order chi connectivity index (χ0) is 26.5. The van der Waals surface area contributed by atoms with Gasteiger partial charge in [-0.05, 0) is 53.0 Å². The lowest BCUT2D eigenvalue weighted by Crippen LogP contribution is -2.42. The first-order valence-corrected chi connectivity index (χ1v) is 12.6. The van der Waals surface area contributed by atoms with Gasteiger partial charge in [-0.2, -0.15) is 0 Å². The summed E-state index contributed by atoms with van der Waals surface area (Å²) in [5.41, 5.74) is 0.957. The number of ether oxygens (including phenoxy) is 2. The summed E-state index contributed by atoms with van der Waals surface area (Å²) in [5, 5.41) is 6.26. The van der Waals surface area contributed by atoms with Gasteiger partial charge in [0.1, 0.15) is 30.5 Å². The van der Waals surface area contributed by atoms with Crippen molar-refractivity contribution in [1.82, 2.24) is 14.9 Å². The van der Waals surface area contributed by atoms with E-state index in [1.165, 1.54) is 23.4 Å². The highest BCUT2D eigenvalue weighted by Crippen LogP contribution is 2.36. The van der Waals surface area contributed by atoms with Crippen molar-refractivity contribution in [2.24, 2.45) is 0 Å². The van der Waals surface area contributed by atoms with Gasteiger partial charge in [0.05, 0.1) is 28.5 Å². The number of hydrogen-bond donors (Lipinski definition) is 2. The molecule has 3 aromatic rings. The Morgan fingerprint density at radius 3 is 2.86 bits per heavy atom. The summed E-state index contributed by atoms with van der Waals surface area (Å²) in [7, 11) is 1.55. The molecule has 0 aliphatic carbocycles. The fourth-order valence-electron chi connectivity index (χ4n) is 4.02. The van der Waals surface area contributed by atoms with Gasteiger partial charge in [0.25, 0.3) is 0 Å². The maximum Gasteiger partial charge on any atom is 0.247 e. The summed E-state index contributed by atoms with van der Waals surface area (Å²) in [6, 6.07) is 5.79. The second-order valence-corrected chi connectivity index (χ2v) is 9.39. The summed E-state index contributed by atoms with van der Waals surface area (Å²) in [6.07, 6.45) is 3.76. The molecule has 9 nitrogen and oxygen atoms in total. The Bertz CT molecular complexity index is 1360. The van der Waals surface area contributed by atoms with Crippen LogP contribution in [0, 0.1) is 5.82 Å². The van der Waals surface area contributed by atoms with Gasteiger partial charge in [-0.15, -0.1) is 0 Å². The minimum Gasteiger partial charge on any atom is -0.489 e. The van der Waals surface area contributed by atoms with Crippen LogP contribution in [0.1, 0.15) is 12.8 Å². The molecular weight excluding hydrogens is 569 g/mol. The molecule has 0 bridgehead atoms. The molecule has 12 heteroatoms. The molecule has 0 saturated carbocycles. The van der Waals surface area contributed by atoms with Gasteiger partial charge < -0.3 is 25.0 Å². The summed E-state index contributed by atoms with van der Waals surface area (Å²) in [4.78, 5) is 35.5. The van der Waals surface area contributed by atoms with Gasteiger partial charge in [-0.1, -0.05) is 18.2 Å². The smallest absolute Gasteiger partial charge is 0.247 e. The molecule has 1 aliphatic heterocycles. The Balaban J connectivity index is 1.71. The number of likely N-dealkylation sites (tertiary alicyclic amines) is 1. The third-order valence-corrected chi connectivity index (χ3v) is 7.10. The van der Waals surface area contributed by atoms with Crippen molar-refractivity contribution >= 4 is 67.4 Å². The Morgan fingerprint density at radius 2 is 2.11 bits per heavy atom. The van der Waals surface area contributed by atoms with E-state index in [2.05, 4.69) is 43.1 Å². The van der Waals surface area contributed by atoms with E-state index in [1.54, 1.807) is 25.3 Å². The zero-order valence-corrected chi connectivity index (χ0v) is 22.2. The van der Waals surface area contributed by atoms with Crippen LogP contribution in [-0.4, -0.2) is 59.6 Å². The predicted octanol–water partition coefficient (Wildman–Crippen LogP) is 5.07. The van der Waals surface area contributed by atoms with Crippen molar-refractivity contribution in [2.75, 3.05) is 37.5 Å². The minimum absolute atomic E-state index is 0.0691. The van der Waals surface area contributed by atoms with Crippen LogP contribution in [0.4, 0.5) is 21.6 Å². The van der Waals surface area contributed by atoms with Crippen LogP contribution in [0.15, 0.2) is 47.7 Å². The van der Waals surface area contributed by atoms with Crippen LogP contribution in [0.5, 0.6) is 5.75 Å². The normalized spacial score (nSPS) is 15.0. The Morgan fingerprint density at radius 1 is 1.30 bits per heavy atom. The van der Waals surface area contributed by atoms with E-state index >= 15 is 0 Å². The van der Waals surface area contributed by atoms with Crippen molar-refractivity contribution in [2.45, 2.75) is 18.9 Å².